The maximum absolute atomic E-state index is 12.1. The first-order valence-electron chi connectivity index (χ1n) is 8.75. The number of anilines is 2. The van der Waals surface area contributed by atoms with Gasteiger partial charge in [-0.25, -0.2) is 4.99 Å². The number of benzene rings is 2. The number of rotatable bonds is 5. The highest BCUT2D eigenvalue weighted by Gasteiger charge is 2.23. The van der Waals surface area contributed by atoms with E-state index in [-0.39, 0.29) is 12.0 Å². The van der Waals surface area contributed by atoms with Crippen LogP contribution in [0.2, 0.25) is 0 Å². The maximum Gasteiger partial charge on any atom is 0.253 e. The van der Waals surface area contributed by atoms with Crippen molar-refractivity contribution in [3.8, 4) is 0 Å². The number of hydrogen-bond donors (Lipinski definition) is 3. The molecule has 6 nitrogen and oxygen atoms in total. The largest absolute Gasteiger partial charge is 0.370 e. The zero-order chi connectivity index (χ0) is 18.4. The summed E-state index contributed by atoms with van der Waals surface area (Å²) in [5, 5.41) is 5.98. The third kappa shape index (κ3) is 5.07. The van der Waals surface area contributed by atoms with E-state index in [2.05, 4.69) is 15.6 Å². The van der Waals surface area contributed by atoms with Gasteiger partial charge in [-0.3, -0.25) is 4.79 Å². The lowest BCUT2D eigenvalue weighted by atomic mass is 10.2. The van der Waals surface area contributed by atoms with E-state index in [9.17, 15) is 4.79 Å². The molecule has 1 aliphatic heterocycles. The van der Waals surface area contributed by atoms with Gasteiger partial charge in [-0.05, 0) is 55.2 Å². The minimum Gasteiger partial charge on any atom is -0.370 e. The maximum atomic E-state index is 12.1. The molecule has 1 heterocycles. The van der Waals surface area contributed by atoms with Gasteiger partial charge in [-0.1, -0.05) is 24.3 Å². The molecule has 26 heavy (non-hydrogen) atoms. The Labute approximate surface area is 153 Å². The number of guanidine groups is 1. The van der Waals surface area contributed by atoms with Gasteiger partial charge in [-0.15, -0.1) is 0 Å². The molecule has 1 saturated heterocycles. The molecule has 0 bridgehead atoms. The lowest BCUT2D eigenvalue weighted by Gasteiger charge is -2.11. The van der Waals surface area contributed by atoms with E-state index in [0.29, 0.717) is 19.1 Å². The number of aliphatic imine (C=N–C) groups is 1. The van der Waals surface area contributed by atoms with Crippen LogP contribution in [0.15, 0.2) is 53.5 Å². The molecule has 1 fully saturated rings. The van der Waals surface area contributed by atoms with Crippen LogP contribution < -0.4 is 16.4 Å². The molecule has 0 saturated carbocycles. The van der Waals surface area contributed by atoms with E-state index >= 15 is 0 Å². The molecule has 3 rings (SSSR count). The number of amides is 1. The summed E-state index contributed by atoms with van der Waals surface area (Å²) in [5.74, 6) is 0.258. The molecule has 0 aliphatic carbocycles. The molecular weight excluding hydrogens is 328 g/mol. The van der Waals surface area contributed by atoms with E-state index in [4.69, 9.17) is 10.5 Å². The Morgan fingerprint density at radius 3 is 2.69 bits per heavy atom. The van der Waals surface area contributed by atoms with Crippen molar-refractivity contribution in [3.63, 3.8) is 0 Å². The van der Waals surface area contributed by atoms with Gasteiger partial charge in [-0.2, -0.15) is 0 Å². The molecule has 1 amide bonds. The minimum absolute atomic E-state index is 0.0937. The average molecular weight is 352 g/mol. The first-order chi connectivity index (χ1) is 12.6. The molecule has 2 aromatic carbocycles. The number of nitrogens with zero attached hydrogens (tertiary/aromatic N) is 1. The van der Waals surface area contributed by atoms with Crippen molar-refractivity contribution in [2.45, 2.75) is 32.4 Å². The Morgan fingerprint density at radius 1 is 1.19 bits per heavy atom. The highest BCUT2D eigenvalue weighted by molar-refractivity contribution is 5.94. The van der Waals surface area contributed by atoms with Crippen molar-refractivity contribution in [1.29, 1.82) is 0 Å². The van der Waals surface area contributed by atoms with E-state index in [0.717, 1.165) is 35.3 Å². The molecule has 0 radical (unpaired) electrons. The summed E-state index contributed by atoms with van der Waals surface area (Å²) < 4.78 is 5.40. The first kappa shape index (κ1) is 17.9. The fourth-order valence-electron chi connectivity index (χ4n) is 2.84. The quantitative estimate of drug-likeness (QED) is 0.570. The highest BCUT2D eigenvalue weighted by atomic mass is 16.5. The lowest BCUT2D eigenvalue weighted by molar-refractivity contribution is -0.124. The third-order valence-corrected chi connectivity index (χ3v) is 4.14. The van der Waals surface area contributed by atoms with Gasteiger partial charge in [0.15, 0.2) is 5.96 Å². The molecule has 1 unspecified atom stereocenters. The van der Waals surface area contributed by atoms with Gasteiger partial charge in [0.1, 0.15) is 6.10 Å². The lowest BCUT2D eigenvalue weighted by Crippen LogP contribution is -2.26. The summed E-state index contributed by atoms with van der Waals surface area (Å²) in [5.41, 5.74) is 9.72. The summed E-state index contributed by atoms with van der Waals surface area (Å²) in [4.78, 5) is 16.5. The number of hydrogen-bond acceptors (Lipinski definition) is 3. The minimum atomic E-state index is -0.342. The van der Waals surface area contributed by atoms with Gasteiger partial charge < -0.3 is 21.1 Å². The van der Waals surface area contributed by atoms with Crippen molar-refractivity contribution in [2.75, 3.05) is 17.2 Å². The number of carbonyl (C=O) groups is 1. The van der Waals surface area contributed by atoms with Crippen LogP contribution in [0.4, 0.5) is 11.4 Å². The van der Waals surface area contributed by atoms with Gasteiger partial charge in [0.25, 0.3) is 5.91 Å². The molecular formula is C20H24N4O2. The molecule has 0 spiro atoms. The molecule has 6 heteroatoms. The van der Waals surface area contributed by atoms with Crippen LogP contribution in [0.5, 0.6) is 0 Å². The Bertz CT molecular complexity index is 798. The molecule has 136 valence electrons. The van der Waals surface area contributed by atoms with Crippen molar-refractivity contribution in [1.82, 2.24) is 0 Å². The van der Waals surface area contributed by atoms with E-state index in [1.165, 1.54) is 0 Å². The van der Waals surface area contributed by atoms with Crippen molar-refractivity contribution < 1.29 is 9.53 Å². The zero-order valence-corrected chi connectivity index (χ0v) is 14.9. The predicted molar refractivity (Wildman–Crippen MR) is 104 cm³/mol. The summed E-state index contributed by atoms with van der Waals surface area (Å²) in [6, 6.07) is 15.5. The number of nitrogens with two attached hydrogens (primary N) is 1. The third-order valence-electron chi connectivity index (χ3n) is 4.14. The van der Waals surface area contributed by atoms with Crippen LogP contribution in [0.3, 0.4) is 0 Å². The number of nitrogens with one attached hydrogen (secondary N) is 2. The highest BCUT2D eigenvalue weighted by Crippen LogP contribution is 2.17. The smallest absolute Gasteiger partial charge is 0.253 e. The van der Waals surface area contributed by atoms with Crippen LogP contribution in [0, 0.1) is 6.92 Å². The number of carbonyl (C=O) groups excluding carboxylic acids is 1. The Morgan fingerprint density at radius 2 is 1.96 bits per heavy atom. The van der Waals surface area contributed by atoms with Crippen LogP contribution >= 0.6 is 0 Å². The van der Waals surface area contributed by atoms with E-state index in [1.54, 1.807) is 0 Å². The second-order valence-corrected chi connectivity index (χ2v) is 6.39. The fourth-order valence-corrected chi connectivity index (χ4v) is 2.84. The van der Waals surface area contributed by atoms with Crippen LogP contribution in [-0.4, -0.2) is 24.6 Å². The van der Waals surface area contributed by atoms with Gasteiger partial charge in [0, 0.05) is 18.0 Å². The second kappa shape index (κ2) is 8.49. The fraction of sp³-hybridized carbons (Fsp3) is 0.300. The van der Waals surface area contributed by atoms with Crippen molar-refractivity contribution >= 4 is 23.2 Å². The predicted octanol–water partition coefficient (Wildman–Crippen LogP) is 3.04. The molecule has 2 aromatic rings. The van der Waals surface area contributed by atoms with Crippen LogP contribution in [-0.2, 0) is 16.1 Å². The first-order valence-corrected chi connectivity index (χ1v) is 8.75. The molecule has 4 N–H and O–H groups in total. The monoisotopic (exact) mass is 352 g/mol. The molecule has 0 aromatic heterocycles. The normalized spacial score (nSPS) is 17.1. The topological polar surface area (TPSA) is 88.7 Å². The summed E-state index contributed by atoms with van der Waals surface area (Å²) in [6.07, 6.45) is 1.36. The zero-order valence-electron chi connectivity index (χ0n) is 14.9. The van der Waals surface area contributed by atoms with Crippen molar-refractivity contribution in [2.24, 2.45) is 10.7 Å². The van der Waals surface area contributed by atoms with Crippen LogP contribution in [0.25, 0.3) is 0 Å². The SMILES string of the molecule is Cc1cccc(NC(N)=NCc2cccc(NC(=O)C3CCCO3)c2)c1. The Balaban J connectivity index is 1.58. The van der Waals surface area contributed by atoms with Gasteiger partial charge in [0.2, 0.25) is 0 Å². The summed E-state index contributed by atoms with van der Waals surface area (Å²) >= 11 is 0. The molecule has 1 aliphatic rings. The van der Waals surface area contributed by atoms with E-state index in [1.807, 2.05) is 55.5 Å². The number of ether oxygens (including phenoxy) is 1. The summed E-state index contributed by atoms with van der Waals surface area (Å²) in [6.45, 7) is 3.10. The average Bonchev–Trinajstić information content (AvgIpc) is 3.15. The molecule has 1 atom stereocenters. The summed E-state index contributed by atoms with van der Waals surface area (Å²) in [7, 11) is 0. The second-order valence-electron chi connectivity index (χ2n) is 6.39. The van der Waals surface area contributed by atoms with Crippen molar-refractivity contribution in [3.05, 3.63) is 59.7 Å². The number of aryl methyl sites for hydroxylation is 1. The van der Waals surface area contributed by atoms with E-state index < -0.39 is 0 Å². The van der Waals surface area contributed by atoms with Gasteiger partial charge in [0.05, 0.1) is 6.54 Å². The standard InChI is InChI=1S/C20H24N4O2/c1-14-5-2-7-16(11-14)24-20(21)22-13-15-6-3-8-17(12-15)23-19(25)18-9-4-10-26-18/h2-3,5-8,11-12,18H,4,9-10,13H2,1H3,(H,23,25)(H3,21,22,24). The van der Waals surface area contributed by atoms with Crippen LogP contribution in [0.1, 0.15) is 24.0 Å². The van der Waals surface area contributed by atoms with Gasteiger partial charge >= 0.3 is 0 Å². The Hall–Kier alpha value is -2.86. The Kier molecular flexibility index (Phi) is 5.86.